The number of nitrogens with one attached hydrogen (secondary N) is 3. The van der Waals surface area contributed by atoms with Gasteiger partial charge in [0.25, 0.3) is 11.8 Å². The van der Waals surface area contributed by atoms with Crippen LogP contribution >= 0.6 is 11.6 Å². The molecule has 8 nitrogen and oxygen atoms in total. The van der Waals surface area contributed by atoms with Gasteiger partial charge in [0.2, 0.25) is 0 Å². The van der Waals surface area contributed by atoms with Crippen LogP contribution in [0.2, 0.25) is 5.02 Å². The molecule has 0 unspecified atom stereocenters. The van der Waals surface area contributed by atoms with E-state index in [9.17, 15) is 18.8 Å². The first-order valence-electron chi connectivity index (χ1n) is 12.8. The van der Waals surface area contributed by atoms with E-state index in [0.29, 0.717) is 30.0 Å². The van der Waals surface area contributed by atoms with Crippen molar-refractivity contribution < 1.29 is 18.8 Å². The van der Waals surface area contributed by atoms with Crippen LogP contribution in [-0.2, 0) is 12.8 Å². The summed E-state index contributed by atoms with van der Waals surface area (Å²) in [6.45, 7) is 5.23. The van der Waals surface area contributed by atoms with Gasteiger partial charge in [-0.1, -0.05) is 37.1 Å². The average Bonchev–Trinajstić information content (AvgIpc) is 3.35. The van der Waals surface area contributed by atoms with Gasteiger partial charge in [-0.15, -0.1) is 0 Å². The van der Waals surface area contributed by atoms with Crippen molar-refractivity contribution in [3.63, 3.8) is 0 Å². The number of amides is 2. The third-order valence-electron chi connectivity index (χ3n) is 6.50. The number of aromatic nitrogens is 2. The highest BCUT2D eigenvalue weighted by atomic mass is 35.5. The van der Waals surface area contributed by atoms with Crippen LogP contribution in [-0.4, -0.2) is 58.6 Å². The molecule has 0 radical (unpaired) electrons. The summed E-state index contributed by atoms with van der Waals surface area (Å²) in [6, 6.07) is 10.4. The number of likely N-dealkylation sites (tertiary alicyclic amines) is 1. The number of H-pyrrole nitrogens is 1. The zero-order valence-corrected chi connectivity index (χ0v) is 22.0. The van der Waals surface area contributed by atoms with Crippen molar-refractivity contribution in [1.82, 2.24) is 20.2 Å². The lowest BCUT2D eigenvalue weighted by Crippen LogP contribution is -2.38. The number of hydrogen-bond donors (Lipinski definition) is 3. The predicted molar refractivity (Wildman–Crippen MR) is 144 cm³/mol. The minimum absolute atomic E-state index is 0.0301. The number of hydrogen-bond acceptors (Lipinski definition) is 5. The molecule has 2 amide bonds. The second-order valence-corrected chi connectivity index (χ2v) is 9.70. The molecule has 0 atom stereocenters. The minimum Gasteiger partial charge on any atom is -0.349 e. The molecular weight excluding hydrogens is 509 g/mol. The molecule has 0 saturated carbocycles. The Morgan fingerprint density at radius 1 is 1.05 bits per heavy atom. The first kappa shape index (κ1) is 27.5. The van der Waals surface area contributed by atoms with Gasteiger partial charge in [0.15, 0.2) is 11.5 Å². The molecule has 0 spiro atoms. The Hall–Kier alpha value is -3.56. The Balaban J connectivity index is 1.37. The van der Waals surface area contributed by atoms with Gasteiger partial charge in [0, 0.05) is 37.2 Å². The summed E-state index contributed by atoms with van der Waals surface area (Å²) in [7, 11) is 0. The van der Waals surface area contributed by atoms with Crippen molar-refractivity contribution in [3.8, 4) is 0 Å². The van der Waals surface area contributed by atoms with E-state index >= 15 is 0 Å². The molecule has 2 heterocycles. The van der Waals surface area contributed by atoms with Crippen LogP contribution in [0.25, 0.3) is 0 Å². The molecule has 3 N–H and O–H groups in total. The highest BCUT2D eigenvalue weighted by Crippen LogP contribution is 2.20. The van der Waals surface area contributed by atoms with Crippen LogP contribution in [0.5, 0.6) is 0 Å². The number of aryl methyl sites for hydroxylation is 1. The molecule has 10 heteroatoms. The summed E-state index contributed by atoms with van der Waals surface area (Å²) in [5.41, 5.74) is 1.61. The molecule has 200 valence electrons. The van der Waals surface area contributed by atoms with Crippen molar-refractivity contribution >= 4 is 34.9 Å². The summed E-state index contributed by atoms with van der Waals surface area (Å²) >= 11 is 5.99. The van der Waals surface area contributed by atoms with Gasteiger partial charge in [-0.3, -0.25) is 14.4 Å². The molecule has 38 heavy (non-hydrogen) atoms. The molecule has 1 aliphatic heterocycles. The number of halogens is 2. The summed E-state index contributed by atoms with van der Waals surface area (Å²) in [4.78, 5) is 48.1. The molecule has 0 aliphatic carbocycles. The number of imidazole rings is 1. The Morgan fingerprint density at radius 2 is 1.79 bits per heavy atom. The van der Waals surface area contributed by atoms with E-state index < -0.39 is 11.7 Å². The molecule has 1 aliphatic rings. The van der Waals surface area contributed by atoms with E-state index in [1.807, 2.05) is 6.92 Å². The predicted octanol–water partition coefficient (Wildman–Crippen LogP) is 4.66. The van der Waals surface area contributed by atoms with Gasteiger partial charge in [-0.25, -0.2) is 9.37 Å². The second kappa shape index (κ2) is 12.8. The zero-order valence-electron chi connectivity index (χ0n) is 21.3. The van der Waals surface area contributed by atoms with Gasteiger partial charge in [-0.05, 0) is 61.8 Å². The molecule has 4 rings (SSSR count). The second-order valence-electron chi connectivity index (χ2n) is 9.29. The minimum atomic E-state index is -0.510. The molecular formula is C28H31ClFN5O3. The number of piperidine rings is 1. The quantitative estimate of drug-likeness (QED) is 0.325. The Bertz CT molecular complexity index is 1300. The van der Waals surface area contributed by atoms with E-state index in [1.165, 1.54) is 31.4 Å². The lowest BCUT2D eigenvalue weighted by atomic mass is 10.0. The number of benzene rings is 2. The maximum atomic E-state index is 13.3. The normalized spacial score (nSPS) is 13.8. The fourth-order valence-corrected chi connectivity index (χ4v) is 4.68. The highest BCUT2D eigenvalue weighted by molar-refractivity contribution is 6.34. The van der Waals surface area contributed by atoms with Crippen molar-refractivity contribution in [3.05, 3.63) is 81.6 Å². The van der Waals surface area contributed by atoms with E-state index in [-0.39, 0.29) is 40.1 Å². The van der Waals surface area contributed by atoms with Crippen LogP contribution < -0.4 is 10.6 Å². The van der Waals surface area contributed by atoms with Crippen LogP contribution in [0.3, 0.4) is 0 Å². The van der Waals surface area contributed by atoms with Gasteiger partial charge in [0.1, 0.15) is 17.3 Å². The molecule has 2 aromatic carbocycles. The van der Waals surface area contributed by atoms with Gasteiger partial charge in [0.05, 0.1) is 5.02 Å². The standard InChI is InChI=1S/C28H31ClFN5O3/c1-2-24-33-25(27(37)31-12-15-35-13-4-3-5-14-35)26(34-24)28(38)32-20-9-6-18(7-10-20)16-23(36)21-11-8-19(30)17-22(21)29/h6-11,17H,2-5,12-16H2,1H3,(H,31,37)(H,32,38)(H,33,34). The topological polar surface area (TPSA) is 107 Å². The summed E-state index contributed by atoms with van der Waals surface area (Å²) in [5, 5.41) is 5.73. The smallest absolute Gasteiger partial charge is 0.276 e. The number of carbonyl (C=O) groups excluding carboxylic acids is 3. The number of ketones is 1. The SMILES string of the molecule is CCc1nc(C(=O)Nc2ccc(CC(=O)c3ccc(F)cc3Cl)cc2)c(C(=O)NCCN2CCCCC2)[nH]1. The van der Waals surface area contributed by atoms with Crippen molar-refractivity contribution in [2.75, 3.05) is 31.5 Å². The number of Topliss-reactive ketones (excluding diaryl/α,β-unsaturated/α-hetero) is 1. The van der Waals surface area contributed by atoms with E-state index in [2.05, 4.69) is 25.5 Å². The van der Waals surface area contributed by atoms with Gasteiger partial charge >= 0.3 is 0 Å². The highest BCUT2D eigenvalue weighted by Gasteiger charge is 2.23. The van der Waals surface area contributed by atoms with Crippen molar-refractivity contribution in [2.24, 2.45) is 0 Å². The van der Waals surface area contributed by atoms with Gasteiger partial charge in [-0.2, -0.15) is 0 Å². The van der Waals surface area contributed by atoms with Crippen molar-refractivity contribution in [2.45, 2.75) is 39.0 Å². The van der Waals surface area contributed by atoms with Crippen LogP contribution in [0.1, 0.15) is 68.9 Å². The molecule has 1 saturated heterocycles. The maximum Gasteiger partial charge on any atom is 0.276 e. The monoisotopic (exact) mass is 539 g/mol. The van der Waals surface area contributed by atoms with Crippen LogP contribution in [0.15, 0.2) is 42.5 Å². The van der Waals surface area contributed by atoms with E-state index in [0.717, 1.165) is 25.7 Å². The van der Waals surface area contributed by atoms with Crippen LogP contribution in [0, 0.1) is 5.82 Å². The van der Waals surface area contributed by atoms with Crippen molar-refractivity contribution in [1.29, 1.82) is 0 Å². The Labute approximate surface area is 226 Å². The van der Waals surface area contributed by atoms with Crippen LogP contribution in [0.4, 0.5) is 10.1 Å². The first-order valence-corrected chi connectivity index (χ1v) is 13.2. The molecule has 1 fully saturated rings. The zero-order chi connectivity index (χ0) is 27.1. The maximum absolute atomic E-state index is 13.3. The third-order valence-corrected chi connectivity index (χ3v) is 6.81. The summed E-state index contributed by atoms with van der Waals surface area (Å²) in [6.07, 6.45) is 4.22. The summed E-state index contributed by atoms with van der Waals surface area (Å²) in [5.74, 6) is -1.08. The number of anilines is 1. The van der Waals surface area contributed by atoms with E-state index in [4.69, 9.17) is 11.6 Å². The number of rotatable bonds is 10. The molecule has 0 bridgehead atoms. The number of nitrogens with zero attached hydrogens (tertiary/aromatic N) is 2. The molecule has 3 aromatic rings. The average molecular weight is 540 g/mol. The Morgan fingerprint density at radius 3 is 2.47 bits per heavy atom. The number of aromatic amines is 1. The largest absolute Gasteiger partial charge is 0.349 e. The fraction of sp³-hybridized carbons (Fsp3) is 0.357. The van der Waals surface area contributed by atoms with E-state index in [1.54, 1.807) is 24.3 Å². The molecule has 1 aromatic heterocycles. The lowest BCUT2D eigenvalue weighted by Gasteiger charge is -2.26. The lowest BCUT2D eigenvalue weighted by molar-refractivity contribution is 0.0929. The number of carbonyl (C=O) groups is 3. The first-order chi connectivity index (χ1) is 18.3. The Kier molecular flexibility index (Phi) is 9.25. The fourth-order valence-electron chi connectivity index (χ4n) is 4.41. The third kappa shape index (κ3) is 7.05. The summed E-state index contributed by atoms with van der Waals surface area (Å²) < 4.78 is 13.3. The van der Waals surface area contributed by atoms with Gasteiger partial charge < -0.3 is 20.5 Å².